The number of carbonyl (C=O) groups is 1. The van der Waals surface area contributed by atoms with Crippen molar-refractivity contribution >= 4 is 11.7 Å². The second-order valence-corrected chi connectivity index (χ2v) is 6.81. The minimum atomic E-state index is -0.860. The third-order valence-corrected chi connectivity index (χ3v) is 4.68. The maximum Gasteiger partial charge on any atom is 0.335 e. The van der Waals surface area contributed by atoms with E-state index in [1.54, 1.807) is 12.1 Å². The average Bonchev–Trinajstić information content (AvgIpc) is 2.37. The maximum atomic E-state index is 11.0. The molecule has 0 aromatic heterocycles. The Morgan fingerprint density at radius 3 is 2.40 bits per heavy atom. The highest BCUT2D eigenvalue weighted by atomic mass is 16.4. The van der Waals surface area contributed by atoms with Gasteiger partial charge in [0.1, 0.15) is 0 Å². The van der Waals surface area contributed by atoms with Crippen molar-refractivity contribution in [1.29, 1.82) is 0 Å². The Balaban J connectivity index is 2.13. The summed E-state index contributed by atoms with van der Waals surface area (Å²) in [5.41, 5.74) is 3.03. The van der Waals surface area contributed by atoms with E-state index in [4.69, 9.17) is 5.11 Å². The van der Waals surface area contributed by atoms with E-state index in [1.807, 2.05) is 13.0 Å². The first-order valence-electron chi connectivity index (χ1n) is 7.37. The predicted octanol–water partition coefficient (Wildman–Crippen LogP) is 4.10. The first kappa shape index (κ1) is 14.9. The van der Waals surface area contributed by atoms with Crippen LogP contribution in [0.3, 0.4) is 0 Å². The quantitative estimate of drug-likeness (QED) is 0.903. The second-order valence-electron chi connectivity index (χ2n) is 6.81. The van der Waals surface area contributed by atoms with Gasteiger partial charge in [-0.1, -0.05) is 13.8 Å². The van der Waals surface area contributed by atoms with Crippen LogP contribution in [0.15, 0.2) is 18.2 Å². The van der Waals surface area contributed by atoms with Gasteiger partial charge >= 0.3 is 5.97 Å². The van der Waals surface area contributed by atoms with Gasteiger partial charge in [-0.05, 0) is 61.8 Å². The number of carboxylic acid groups (broad SMARTS) is 1. The molecule has 2 rings (SSSR count). The molecular formula is C17H25NO2. The van der Waals surface area contributed by atoms with Crippen molar-refractivity contribution in [3.8, 4) is 0 Å². The fourth-order valence-corrected chi connectivity index (χ4v) is 3.15. The molecular weight excluding hydrogens is 250 g/mol. The van der Waals surface area contributed by atoms with Crippen LogP contribution in [-0.2, 0) is 0 Å². The Morgan fingerprint density at radius 2 is 1.90 bits per heavy atom. The molecule has 1 aromatic carbocycles. The first-order valence-corrected chi connectivity index (χ1v) is 7.37. The Bertz CT molecular complexity index is 498. The van der Waals surface area contributed by atoms with Crippen LogP contribution in [0.5, 0.6) is 0 Å². The van der Waals surface area contributed by atoms with E-state index in [-0.39, 0.29) is 0 Å². The molecule has 0 spiro atoms. The largest absolute Gasteiger partial charge is 0.478 e. The molecule has 0 aliphatic heterocycles. The molecule has 0 atom stereocenters. The fourth-order valence-electron chi connectivity index (χ4n) is 3.15. The van der Waals surface area contributed by atoms with Gasteiger partial charge in [-0.15, -0.1) is 0 Å². The molecule has 1 aliphatic rings. The minimum Gasteiger partial charge on any atom is -0.478 e. The molecule has 1 aliphatic carbocycles. The summed E-state index contributed by atoms with van der Waals surface area (Å²) in [5, 5.41) is 9.03. The first-order chi connectivity index (χ1) is 9.30. The summed E-state index contributed by atoms with van der Waals surface area (Å²) in [4.78, 5) is 13.3. The van der Waals surface area contributed by atoms with Crippen molar-refractivity contribution in [1.82, 2.24) is 0 Å². The van der Waals surface area contributed by atoms with E-state index < -0.39 is 5.97 Å². The molecule has 0 saturated heterocycles. The van der Waals surface area contributed by atoms with Crippen LogP contribution >= 0.6 is 0 Å². The number of nitrogens with zero attached hydrogens (tertiary/aromatic N) is 1. The van der Waals surface area contributed by atoms with E-state index in [9.17, 15) is 4.79 Å². The summed E-state index contributed by atoms with van der Waals surface area (Å²) in [5.74, 6) is -0.860. The number of hydrogen-bond acceptors (Lipinski definition) is 2. The van der Waals surface area contributed by atoms with Gasteiger partial charge in [-0.3, -0.25) is 0 Å². The van der Waals surface area contributed by atoms with Gasteiger partial charge in [-0.2, -0.15) is 0 Å². The Hall–Kier alpha value is -1.51. The number of carboxylic acids is 1. The molecule has 0 heterocycles. The summed E-state index contributed by atoms with van der Waals surface area (Å²) >= 11 is 0. The fraction of sp³-hybridized carbons (Fsp3) is 0.588. The van der Waals surface area contributed by atoms with Crippen LogP contribution in [0, 0.1) is 12.3 Å². The van der Waals surface area contributed by atoms with Gasteiger partial charge in [0.15, 0.2) is 0 Å². The zero-order chi connectivity index (χ0) is 14.9. The van der Waals surface area contributed by atoms with Gasteiger partial charge in [0, 0.05) is 18.8 Å². The monoisotopic (exact) mass is 275 g/mol. The summed E-state index contributed by atoms with van der Waals surface area (Å²) in [6.45, 7) is 6.68. The maximum absolute atomic E-state index is 11.0. The van der Waals surface area contributed by atoms with Crippen LogP contribution in [0.4, 0.5) is 5.69 Å². The smallest absolute Gasteiger partial charge is 0.335 e. The lowest BCUT2D eigenvalue weighted by Gasteiger charge is -2.40. The van der Waals surface area contributed by atoms with Crippen LogP contribution in [-0.4, -0.2) is 24.2 Å². The summed E-state index contributed by atoms with van der Waals surface area (Å²) < 4.78 is 0. The highest BCUT2D eigenvalue weighted by Crippen LogP contribution is 2.38. The zero-order valence-corrected chi connectivity index (χ0v) is 12.9. The van der Waals surface area contributed by atoms with Crippen molar-refractivity contribution in [2.75, 3.05) is 11.9 Å². The van der Waals surface area contributed by atoms with E-state index >= 15 is 0 Å². The molecule has 1 fully saturated rings. The van der Waals surface area contributed by atoms with Crippen molar-refractivity contribution in [3.05, 3.63) is 29.3 Å². The lowest BCUT2D eigenvalue weighted by molar-refractivity contribution is 0.0697. The van der Waals surface area contributed by atoms with Crippen LogP contribution in [0.25, 0.3) is 0 Å². The summed E-state index contributed by atoms with van der Waals surface area (Å²) in [6.07, 6.45) is 4.94. The number of aryl methyl sites for hydroxylation is 1. The van der Waals surface area contributed by atoms with Crippen molar-refractivity contribution in [2.24, 2.45) is 5.41 Å². The number of aromatic carboxylic acids is 1. The molecule has 1 aromatic rings. The van der Waals surface area contributed by atoms with Gasteiger partial charge in [-0.25, -0.2) is 4.79 Å². The zero-order valence-electron chi connectivity index (χ0n) is 12.9. The lowest BCUT2D eigenvalue weighted by atomic mass is 9.75. The summed E-state index contributed by atoms with van der Waals surface area (Å²) in [7, 11) is 2.13. The van der Waals surface area contributed by atoms with Gasteiger partial charge in [0.2, 0.25) is 0 Å². The highest BCUT2D eigenvalue weighted by Gasteiger charge is 2.29. The molecule has 3 heteroatoms. The van der Waals surface area contributed by atoms with E-state index in [1.165, 1.54) is 25.7 Å². The predicted molar refractivity (Wildman–Crippen MR) is 82.6 cm³/mol. The number of hydrogen-bond donors (Lipinski definition) is 1. The standard InChI is InChI=1S/C17H25NO2/c1-12-11-13(16(19)20)5-6-15(12)18(4)14-7-9-17(2,3)10-8-14/h5-6,11,14H,7-10H2,1-4H3,(H,19,20). The Kier molecular flexibility index (Phi) is 4.07. The van der Waals surface area contributed by atoms with Crippen molar-refractivity contribution in [3.63, 3.8) is 0 Å². The SMILES string of the molecule is Cc1cc(C(=O)O)ccc1N(C)C1CCC(C)(C)CC1. The third kappa shape index (κ3) is 3.14. The average molecular weight is 275 g/mol. The van der Waals surface area contributed by atoms with Crippen LogP contribution < -0.4 is 4.90 Å². The number of rotatable bonds is 3. The van der Waals surface area contributed by atoms with E-state index in [0.29, 0.717) is 17.0 Å². The molecule has 110 valence electrons. The van der Waals surface area contributed by atoms with Crippen LogP contribution in [0.1, 0.15) is 55.5 Å². The van der Waals surface area contributed by atoms with Crippen molar-refractivity contribution in [2.45, 2.75) is 52.5 Å². The molecule has 1 N–H and O–H groups in total. The normalized spacial score (nSPS) is 18.8. The molecule has 0 unspecified atom stereocenters. The van der Waals surface area contributed by atoms with Crippen LogP contribution in [0.2, 0.25) is 0 Å². The number of anilines is 1. The lowest BCUT2D eigenvalue weighted by Crippen LogP contribution is -2.37. The van der Waals surface area contributed by atoms with Gasteiger partial charge in [0.05, 0.1) is 5.56 Å². The Labute approximate surface area is 121 Å². The molecule has 20 heavy (non-hydrogen) atoms. The second kappa shape index (κ2) is 5.47. The topological polar surface area (TPSA) is 40.5 Å². The van der Waals surface area contributed by atoms with Gasteiger partial charge < -0.3 is 10.0 Å². The van der Waals surface area contributed by atoms with Crippen molar-refractivity contribution < 1.29 is 9.90 Å². The molecule has 1 saturated carbocycles. The van der Waals surface area contributed by atoms with Gasteiger partial charge in [0.25, 0.3) is 0 Å². The highest BCUT2D eigenvalue weighted by molar-refractivity contribution is 5.88. The molecule has 0 amide bonds. The van der Waals surface area contributed by atoms with E-state index in [0.717, 1.165) is 11.3 Å². The third-order valence-electron chi connectivity index (χ3n) is 4.68. The summed E-state index contributed by atoms with van der Waals surface area (Å²) in [6, 6.07) is 5.98. The molecule has 0 bridgehead atoms. The number of benzene rings is 1. The molecule has 0 radical (unpaired) electrons. The molecule has 3 nitrogen and oxygen atoms in total. The van der Waals surface area contributed by atoms with E-state index in [2.05, 4.69) is 25.8 Å². The minimum absolute atomic E-state index is 0.365. The Morgan fingerprint density at radius 1 is 1.30 bits per heavy atom.